The van der Waals surface area contributed by atoms with Crippen LogP contribution >= 0.6 is 0 Å². The molecule has 0 atom stereocenters. The number of nitrogens with zero attached hydrogens (tertiary/aromatic N) is 1. The Bertz CT molecular complexity index is 593. The molecule has 0 heterocycles. The van der Waals surface area contributed by atoms with Crippen molar-refractivity contribution in [2.24, 2.45) is 0 Å². The van der Waals surface area contributed by atoms with Crippen molar-refractivity contribution in [2.75, 3.05) is 14.2 Å². The van der Waals surface area contributed by atoms with E-state index in [0.717, 1.165) is 16.9 Å². The number of benzene rings is 2. The van der Waals surface area contributed by atoms with Crippen LogP contribution in [0.2, 0.25) is 0 Å². The molecule has 0 saturated carbocycles. The van der Waals surface area contributed by atoms with Gasteiger partial charge in [-0.3, -0.25) is 10.1 Å². The van der Waals surface area contributed by atoms with E-state index < -0.39 is 4.92 Å². The van der Waals surface area contributed by atoms with Gasteiger partial charge in [0.15, 0.2) is 5.75 Å². The topological polar surface area (TPSA) is 61.6 Å². The van der Waals surface area contributed by atoms with E-state index in [0.29, 0.717) is 0 Å². The summed E-state index contributed by atoms with van der Waals surface area (Å²) in [5.74, 6) is 0.994. The standard InChI is InChI=1S/C14H13NO4/c1-18-12-6-3-10(4-7-12)11-5-8-14(19-2)13(9-11)15(16)17/h3-9H,1-2H3. The summed E-state index contributed by atoms with van der Waals surface area (Å²) in [6.07, 6.45) is 0. The maximum absolute atomic E-state index is 11.0. The van der Waals surface area contributed by atoms with Gasteiger partial charge in [-0.25, -0.2) is 0 Å². The first-order chi connectivity index (χ1) is 9.15. The number of methoxy groups -OCH3 is 2. The van der Waals surface area contributed by atoms with Crippen LogP contribution in [0.15, 0.2) is 42.5 Å². The first-order valence-electron chi connectivity index (χ1n) is 5.62. The maximum Gasteiger partial charge on any atom is 0.311 e. The third-order valence-electron chi connectivity index (χ3n) is 2.80. The Balaban J connectivity index is 2.44. The van der Waals surface area contributed by atoms with Gasteiger partial charge in [-0.05, 0) is 29.3 Å². The Morgan fingerprint density at radius 3 is 2.11 bits per heavy atom. The smallest absolute Gasteiger partial charge is 0.311 e. The van der Waals surface area contributed by atoms with E-state index in [9.17, 15) is 10.1 Å². The lowest BCUT2D eigenvalue weighted by Gasteiger charge is -2.06. The molecule has 0 radical (unpaired) electrons. The Hall–Kier alpha value is -2.56. The molecule has 0 spiro atoms. The molecular weight excluding hydrogens is 246 g/mol. The van der Waals surface area contributed by atoms with Crippen LogP contribution in [0.1, 0.15) is 0 Å². The molecule has 5 nitrogen and oxygen atoms in total. The number of nitro benzene ring substituents is 1. The van der Waals surface area contributed by atoms with Crippen LogP contribution in [0.3, 0.4) is 0 Å². The number of hydrogen-bond acceptors (Lipinski definition) is 4. The van der Waals surface area contributed by atoms with E-state index in [2.05, 4.69) is 0 Å². The number of ether oxygens (including phenoxy) is 2. The highest BCUT2D eigenvalue weighted by Gasteiger charge is 2.15. The summed E-state index contributed by atoms with van der Waals surface area (Å²) in [6.45, 7) is 0. The third-order valence-corrected chi connectivity index (χ3v) is 2.80. The largest absolute Gasteiger partial charge is 0.497 e. The summed E-state index contributed by atoms with van der Waals surface area (Å²) < 4.78 is 10.0. The molecule has 2 rings (SSSR count). The molecule has 0 aliphatic carbocycles. The Kier molecular flexibility index (Phi) is 3.66. The molecule has 98 valence electrons. The van der Waals surface area contributed by atoms with E-state index in [1.54, 1.807) is 19.2 Å². The lowest BCUT2D eigenvalue weighted by atomic mass is 10.0. The second kappa shape index (κ2) is 5.39. The van der Waals surface area contributed by atoms with E-state index in [1.807, 2.05) is 24.3 Å². The predicted octanol–water partition coefficient (Wildman–Crippen LogP) is 3.28. The molecule has 0 N–H and O–H groups in total. The fourth-order valence-electron chi connectivity index (χ4n) is 1.80. The zero-order chi connectivity index (χ0) is 13.8. The van der Waals surface area contributed by atoms with Crippen LogP contribution in [-0.2, 0) is 0 Å². The van der Waals surface area contributed by atoms with Gasteiger partial charge in [-0.2, -0.15) is 0 Å². The first-order valence-corrected chi connectivity index (χ1v) is 5.62. The average Bonchev–Trinajstić information content (AvgIpc) is 2.46. The lowest BCUT2D eigenvalue weighted by Crippen LogP contribution is -1.94. The molecule has 2 aromatic rings. The molecule has 0 fully saturated rings. The molecule has 0 saturated heterocycles. The van der Waals surface area contributed by atoms with E-state index >= 15 is 0 Å². The fourth-order valence-corrected chi connectivity index (χ4v) is 1.80. The zero-order valence-corrected chi connectivity index (χ0v) is 10.6. The fraction of sp³-hybridized carbons (Fsp3) is 0.143. The molecule has 0 aliphatic heterocycles. The van der Waals surface area contributed by atoms with Crippen LogP contribution in [0.4, 0.5) is 5.69 Å². The minimum atomic E-state index is -0.453. The van der Waals surface area contributed by atoms with Gasteiger partial charge in [0.05, 0.1) is 19.1 Å². The van der Waals surface area contributed by atoms with E-state index in [4.69, 9.17) is 9.47 Å². The minimum absolute atomic E-state index is 0.0455. The summed E-state index contributed by atoms with van der Waals surface area (Å²) in [5, 5.41) is 11.0. The molecule has 0 unspecified atom stereocenters. The van der Waals surface area contributed by atoms with Crippen molar-refractivity contribution < 1.29 is 14.4 Å². The molecule has 19 heavy (non-hydrogen) atoms. The van der Waals surface area contributed by atoms with E-state index in [1.165, 1.54) is 13.2 Å². The van der Waals surface area contributed by atoms with Crippen LogP contribution < -0.4 is 9.47 Å². The van der Waals surface area contributed by atoms with Crippen molar-refractivity contribution in [3.8, 4) is 22.6 Å². The monoisotopic (exact) mass is 259 g/mol. The highest BCUT2D eigenvalue weighted by Crippen LogP contribution is 2.32. The van der Waals surface area contributed by atoms with Gasteiger partial charge in [-0.15, -0.1) is 0 Å². The molecule has 2 aromatic carbocycles. The number of rotatable bonds is 4. The van der Waals surface area contributed by atoms with Crippen molar-refractivity contribution in [3.05, 3.63) is 52.6 Å². The molecule has 5 heteroatoms. The molecular formula is C14H13NO4. The number of nitro groups is 1. The molecule has 0 bridgehead atoms. The second-order valence-electron chi connectivity index (χ2n) is 3.87. The summed E-state index contributed by atoms with van der Waals surface area (Å²) >= 11 is 0. The van der Waals surface area contributed by atoms with Gasteiger partial charge in [-0.1, -0.05) is 18.2 Å². The molecule has 0 aromatic heterocycles. The van der Waals surface area contributed by atoms with Crippen molar-refractivity contribution in [2.45, 2.75) is 0 Å². The van der Waals surface area contributed by atoms with Crippen molar-refractivity contribution in [1.29, 1.82) is 0 Å². The lowest BCUT2D eigenvalue weighted by molar-refractivity contribution is -0.385. The Labute approximate surface area is 110 Å². The van der Waals surface area contributed by atoms with Gasteiger partial charge in [0.2, 0.25) is 0 Å². The summed E-state index contributed by atoms with van der Waals surface area (Å²) in [4.78, 5) is 10.5. The van der Waals surface area contributed by atoms with Crippen LogP contribution in [0.5, 0.6) is 11.5 Å². The van der Waals surface area contributed by atoms with Crippen LogP contribution in [0, 0.1) is 10.1 Å². The van der Waals surface area contributed by atoms with Gasteiger partial charge >= 0.3 is 5.69 Å². The van der Waals surface area contributed by atoms with Crippen LogP contribution in [-0.4, -0.2) is 19.1 Å². The second-order valence-corrected chi connectivity index (χ2v) is 3.87. The Morgan fingerprint density at radius 2 is 1.58 bits per heavy atom. The third kappa shape index (κ3) is 2.65. The quantitative estimate of drug-likeness (QED) is 0.624. The highest BCUT2D eigenvalue weighted by molar-refractivity contribution is 5.69. The van der Waals surface area contributed by atoms with Crippen LogP contribution in [0.25, 0.3) is 11.1 Å². The first kappa shape index (κ1) is 12.9. The van der Waals surface area contributed by atoms with Crippen molar-refractivity contribution in [1.82, 2.24) is 0 Å². The highest BCUT2D eigenvalue weighted by atomic mass is 16.6. The summed E-state index contributed by atoms with van der Waals surface area (Å²) in [6, 6.07) is 12.2. The zero-order valence-electron chi connectivity index (χ0n) is 10.6. The summed E-state index contributed by atoms with van der Waals surface area (Å²) in [5.41, 5.74) is 1.59. The normalized spacial score (nSPS) is 10.0. The summed E-state index contributed by atoms with van der Waals surface area (Å²) in [7, 11) is 3.00. The van der Waals surface area contributed by atoms with E-state index in [-0.39, 0.29) is 11.4 Å². The minimum Gasteiger partial charge on any atom is -0.497 e. The average molecular weight is 259 g/mol. The van der Waals surface area contributed by atoms with Crippen molar-refractivity contribution >= 4 is 5.69 Å². The van der Waals surface area contributed by atoms with Gasteiger partial charge < -0.3 is 9.47 Å². The van der Waals surface area contributed by atoms with Gasteiger partial charge in [0.1, 0.15) is 5.75 Å². The Morgan fingerprint density at radius 1 is 0.947 bits per heavy atom. The van der Waals surface area contributed by atoms with Gasteiger partial charge in [0, 0.05) is 6.07 Å². The SMILES string of the molecule is COc1ccc(-c2ccc(OC)c([N+](=O)[O-])c2)cc1. The molecule has 0 aliphatic rings. The molecule has 0 amide bonds. The maximum atomic E-state index is 11.0. The van der Waals surface area contributed by atoms with Gasteiger partial charge in [0.25, 0.3) is 0 Å². The number of hydrogen-bond donors (Lipinski definition) is 0. The predicted molar refractivity (Wildman–Crippen MR) is 71.6 cm³/mol. The van der Waals surface area contributed by atoms with Crippen molar-refractivity contribution in [3.63, 3.8) is 0 Å².